The van der Waals surface area contributed by atoms with Crippen molar-refractivity contribution in [2.45, 2.75) is 12.8 Å². The molecule has 0 atom stereocenters. The molecule has 2 aromatic carbocycles. The van der Waals surface area contributed by atoms with Crippen molar-refractivity contribution in [1.29, 1.82) is 0 Å². The molecule has 0 aliphatic carbocycles. The molecule has 2 heterocycles. The third-order valence-corrected chi connectivity index (χ3v) is 5.42. The molecule has 0 radical (unpaired) electrons. The number of nitrogens with zero attached hydrogens (tertiary/aromatic N) is 3. The molecular formula is C23H22FN3O4. The minimum absolute atomic E-state index is 0.0301. The minimum atomic E-state index is -0.407. The van der Waals surface area contributed by atoms with Crippen LogP contribution in [0.3, 0.4) is 0 Å². The van der Waals surface area contributed by atoms with Crippen LogP contribution in [0.1, 0.15) is 12.2 Å². The number of piperazine rings is 1. The van der Waals surface area contributed by atoms with E-state index in [4.69, 9.17) is 4.42 Å². The van der Waals surface area contributed by atoms with Crippen LogP contribution in [0, 0.1) is 15.9 Å². The van der Waals surface area contributed by atoms with Gasteiger partial charge in [0, 0.05) is 56.8 Å². The van der Waals surface area contributed by atoms with E-state index < -0.39 is 4.92 Å². The van der Waals surface area contributed by atoms with Gasteiger partial charge in [-0.25, -0.2) is 4.39 Å². The largest absolute Gasteiger partial charge is 0.461 e. The Kier molecular flexibility index (Phi) is 5.97. The molecule has 1 aliphatic heterocycles. The van der Waals surface area contributed by atoms with Crippen LogP contribution in [0.25, 0.3) is 11.3 Å². The van der Waals surface area contributed by atoms with E-state index in [0.29, 0.717) is 56.1 Å². The van der Waals surface area contributed by atoms with Crippen LogP contribution in [0.2, 0.25) is 0 Å². The Balaban J connectivity index is 1.29. The van der Waals surface area contributed by atoms with Gasteiger partial charge in [0.15, 0.2) is 0 Å². The van der Waals surface area contributed by atoms with Crippen molar-refractivity contribution >= 4 is 17.3 Å². The van der Waals surface area contributed by atoms with Gasteiger partial charge in [-0.3, -0.25) is 14.9 Å². The third kappa shape index (κ3) is 4.74. The van der Waals surface area contributed by atoms with Crippen molar-refractivity contribution in [3.05, 3.63) is 82.4 Å². The fourth-order valence-corrected chi connectivity index (χ4v) is 3.72. The zero-order valence-corrected chi connectivity index (χ0v) is 16.9. The fourth-order valence-electron chi connectivity index (χ4n) is 3.72. The van der Waals surface area contributed by atoms with Crippen molar-refractivity contribution in [1.82, 2.24) is 4.90 Å². The number of amides is 1. The first-order valence-corrected chi connectivity index (χ1v) is 10.1. The van der Waals surface area contributed by atoms with Gasteiger partial charge in [-0.1, -0.05) is 18.2 Å². The van der Waals surface area contributed by atoms with Crippen molar-refractivity contribution in [3.8, 4) is 11.3 Å². The fraction of sp³-hybridized carbons (Fsp3) is 0.261. The number of benzene rings is 2. The molecule has 0 unspecified atom stereocenters. The molecule has 0 bridgehead atoms. The normalized spacial score (nSPS) is 14.0. The van der Waals surface area contributed by atoms with E-state index >= 15 is 0 Å². The van der Waals surface area contributed by atoms with Gasteiger partial charge in [0.2, 0.25) is 5.91 Å². The van der Waals surface area contributed by atoms with E-state index in [2.05, 4.69) is 0 Å². The molecule has 1 fully saturated rings. The second kappa shape index (κ2) is 8.99. The Morgan fingerprint density at radius 3 is 2.55 bits per heavy atom. The predicted molar refractivity (Wildman–Crippen MR) is 114 cm³/mol. The van der Waals surface area contributed by atoms with Crippen LogP contribution in [0.4, 0.5) is 15.8 Å². The zero-order valence-electron chi connectivity index (χ0n) is 16.9. The second-order valence-electron chi connectivity index (χ2n) is 7.39. The van der Waals surface area contributed by atoms with Crippen molar-refractivity contribution in [3.63, 3.8) is 0 Å². The van der Waals surface area contributed by atoms with E-state index in [1.54, 1.807) is 47.4 Å². The van der Waals surface area contributed by atoms with Gasteiger partial charge >= 0.3 is 0 Å². The van der Waals surface area contributed by atoms with Crippen LogP contribution in [-0.2, 0) is 11.2 Å². The Morgan fingerprint density at radius 1 is 1.03 bits per heavy atom. The van der Waals surface area contributed by atoms with E-state index in [1.165, 1.54) is 12.1 Å². The van der Waals surface area contributed by atoms with Gasteiger partial charge in [-0.15, -0.1) is 0 Å². The van der Waals surface area contributed by atoms with Gasteiger partial charge in [0.1, 0.15) is 17.3 Å². The van der Waals surface area contributed by atoms with Gasteiger partial charge in [-0.05, 0) is 30.3 Å². The highest BCUT2D eigenvalue weighted by atomic mass is 19.1. The third-order valence-electron chi connectivity index (χ3n) is 5.42. The minimum Gasteiger partial charge on any atom is -0.461 e. The molecule has 160 valence electrons. The summed E-state index contributed by atoms with van der Waals surface area (Å²) < 4.78 is 19.6. The van der Waals surface area contributed by atoms with Crippen LogP contribution in [-0.4, -0.2) is 41.9 Å². The molecule has 0 saturated carbocycles. The standard InChI is InChI=1S/C23H22FN3O4/c24-21-7-2-1-6-20(21)22-10-8-19(31-22)9-11-23(28)26-14-12-25(13-15-26)17-4-3-5-18(16-17)27(29)30/h1-8,10,16H,9,11-15H2. The van der Waals surface area contributed by atoms with Crippen LogP contribution >= 0.6 is 0 Å². The molecule has 7 nitrogen and oxygen atoms in total. The molecule has 31 heavy (non-hydrogen) atoms. The Bertz CT molecular complexity index is 1090. The van der Waals surface area contributed by atoms with Crippen LogP contribution < -0.4 is 4.90 Å². The lowest BCUT2D eigenvalue weighted by Gasteiger charge is -2.36. The second-order valence-corrected chi connectivity index (χ2v) is 7.39. The highest BCUT2D eigenvalue weighted by Gasteiger charge is 2.22. The Morgan fingerprint density at radius 2 is 1.81 bits per heavy atom. The molecule has 1 saturated heterocycles. The highest BCUT2D eigenvalue weighted by molar-refractivity contribution is 5.76. The molecule has 4 rings (SSSR count). The Labute approximate surface area is 178 Å². The number of non-ortho nitro benzene ring substituents is 1. The summed E-state index contributed by atoms with van der Waals surface area (Å²) in [5, 5.41) is 11.0. The first-order valence-electron chi connectivity index (χ1n) is 10.1. The summed E-state index contributed by atoms with van der Waals surface area (Å²) in [7, 11) is 0. The maximum absolute atomic E-state index is 13.9. The number of nitro benzene ring substituents is 1. The lowest BCUT2D eigenvalue weighted by molar-refractivity contribution is -0.384. The summed E-state index contributed by atoms with van der Waals surface area (Å²) in [6.07, 6.45) is 0.749. The predicted octanol–water partition coefficient (Wildman–Crippen LogP) is 4.28. The summed E-state index contributed by atoms with van der Waals surface area (Å²) in [6, 6.07) is 16.4. The van der Waals surface area contributed by atoms with Gasteiger partial charge in [-0.2, -0.15) is 0 Å². The smallest absolute Gasteiger partial charge is 0.271 e. The number of hydrogen-bond acceptors (Lipinski definition) is 5. The van der Waals surface area contributed by atoms with Gasteiger partial charge < -0.3 is 14.2 Å². The number of hydrogen-bond donors (Lipinski definition) is 0. The average molecular weight is 423 g/mol. The zero-order chi connectivity index (χ0) is 21.8. The molecule has 0 N–H and O–H groups in total. The maximum atomic E-state index is 13.9. The quantitative estimate of drug-likeness (QED) is 0.437. The van der Waals surface area contributed by atoms with Crippen molar-refractivity contribution in [2.75, 3.05) is 31.1 Å². The molecular weight excluding hydrogens is 401 g/mol. The first-order chi connectivity index (χ1) is 15.0. The summed E-state index contributed by atoms with van der Waals surface area (Å²) in [5.74, 6) is 0.775. The molecule has 1 amide bonds. The molecule has 8 heteroatoms. The molecule has 0 spiro atoms. The summed E-state index contributed by atoms with van der Waals surface area (Å²) >= 11 is 0. The van der Waals surface area contributed by atoms with Gasteiger partial charge in [0.05, 0.1) is 10.5 Å². The first kappa shape index (κ1) is 20.6. The SMILES string of the molecule is O=C(CCc1ccc(-c2ccccc2F)o1)N1CCN(c2cccc([N+](=O)[O-])c2)CC1. The van der Waals surface area contributed by atoms with E-state index in [1.807, 2.05) is 11.0 Å². The highest BCUT2D eigenvalue weighted by Crippen LogP contribution is 2.26. The lowest BCUT2D eigenvalue weighted by Crippen LogP contribution is -2.48. The number of carbonyl (C=O) groups excluding carboxylic acids is 1. The van der Waals surface area contributed by atoms with Crippen LogP contribution in [0.15, 0.2) is 65.1 Å². The average Bonchev–Trinajstić information content (AvgIpc) is 3.27. The molecule has 3 aromatic rings. The topological polar surface area (TPSA) is 79.8 Å². The van der Waals surface area contributed by atoms with Gasteiger partial charge in [0.25, 0.3) is 5.69 Å². The van der Waals surface area contributed by atoms with Crippen LogP contribution in [0.5, 0.6) is 0 Å². The summed E-state index contributed by atoms with van der Waals surface area (Å²) in [6.45, 7) is 2.34. The number of rotatable bonds is 6. The number of anilines is 1. The summed E-state index contributed by atoms with van der Waals surface area (Å²) in [4.78, 5) is 27.0. The maximum Gasteiger partial charge on any atom is 0.271 e. The molecule has 1 aliphatic rings. The number of furan rings is 1. The number of halogens is 1. The number of aryl methyl sites for hydroxylation is 1. The number of carbonyl (C=O) groups is 1. The Hall–Kier alpha value is -3.68. The summed E-state index contributed by atoms with van der Waals surface area (Å²) in [5.41, 5.74) is 1.25. The van der Waals surface area contributed by atoms with E-state index in [9.17, 15) is 19.3 Å². The van der Waals surface area contributed by atoms with E-state index in [0.717, 1.165) is 5.69 Å². The van der Waals surface area contributed by atoms with Crippen molar-refractivity contribution < 1.29 is 18.5 Å². The molecule has 1 aromatic heterocycles. The number of nitro groups is 1. The van der Waals surface area contributed by atoms with E-state index in [-0.39, 0.29) is 17.4 Å². The lowest BCUT2D eigenvalue weighted by atomic mass is 10.1. The van der Waals surface area contributed by atoms with Crippen molar-refractivity contribution in [2.24, 2.45) is 0 Å². The monoisotopic (exact) mass is 423 g/mol.